The quantitative estimate of drug-likeness (QED) is 0.287. The van der Waals surface area contributed by atoms with Crippen LogP contribution in [0.1, 0.15) is 0 Å². The lowest BCUT2D eigenvalue weighted by atomic mass is 10.1. The highest BCUT2D eigenvalue weighted by Gasteiger charge is 2.28. The van der Waals surface area contributed by atoms with Crippen LogP contribution < -0.4 is 9.47 Å². The summed E-state index contributed by atoms with van der Waals surface area (Å²) in [6.45, 7) is -0.0471. The number of non-ortho nitro benzene ring substituents is 1. The highest BCUT2D eigenvalue weighted by atomic mass is 16.6. The third-order valence-electron chi connectivity index (χ3n) is 4.94. The highest BCUT2D eigenvalue weighted by molar-refractivity contribution is 5.96. The third kappa shape index (κ3) is 3.29. The Labute approximate surface area is 173 Å². The van der Waals surface area contributed by atoms with Crippen LogP contribution in [0.4, 0.5) is 11.4 Å². The van der Waals surface area contributed by atoms with E-state index in [1.807, 2.05) is 30.3 Å². The number of hydrogen-bond donors (Lipinski definition) is 2. The molecule has 1 aliphatic heterocycles. The Bertz CT molecular complexity index is 1390. The number of rotatable bonds is 3. The number of aromatic amines is 1. The van der Waals surface area contributed by atoms with Gasteiger partial charge < -0.3 is 19.6 Å². The summed E-state index contributed by atoms with van der Waals surface area (Å²) < 4.78 is 11.4. The van der Waals surface area contributed by atoms with Crippen LogP contribution in [-0.2, 0) is 4.79 Å². The number of nitrogens with zero attached hydrogens (tertiary/aromatic N) is 3. The van der Waals surface area contributed by atoms with Gasteiger partial charge in [-0.3, -0.25) is 14.9 Å². The van der Waals surface area contributed by atoms with E-state index in [0.29, 0.717) is 17.0 Å². The van der Waals surface area contributed by atoms with Gasteiger partial charge in [-0.05, 0) is 29.0 Å². The van der Waals surface area contributed by atoms with Crippen molar-refractivity contribution in [2.24, 2.45) is 10.2 Å². The van der Waals surface area contributed by atoms with Crippen molar-refractivity contribution in [3.63, 3.8) is 0 Å². The molecular weight excluding hydrogens is 404 g/mol. The average molecular weight is 418 g/mol. The molecule has 5 rings (SSSR count). The first-order chi connectivity index (χ1) is 15.0. The number of benzene rings is 3. The summed E-state index contributed by atoms with van der Waals surface area (Å²) in [7, 11) is 0. The summed E-state index contributed by atoms with van der Waals surface area (Å²) >= 11 is 0. The van der Waals surface area contributed by atoms with Gasteiger partial charge in [0.2, 0.25) is 12.0 Å². The highest BCUT2D eigenvalue weighted by Crippen LogP contribution is 2.38. The van der Waals surface area contributed by atoms with Crippen LogP contribution in [0.2, 0.25) is 0 Å². The van der Waals surface area contributed by atoms with Gasteiger partial charge in [-0.15, -0.1) is 10.2 Å². The normalized spacial score (nSPS) is 15.5. The van der Waals surface area contributed by atoms with Crippen molar-refractivity contribution >= 4 is 39.0 Å². The number of nitro groups is 1. The first kappa shape index (κ1) is 18.6. The van der Waals surface area contributed by atoms with E-state index >= 15 is 0 Å². The number of ether oxygens (including phenoxy) is 2. The minimum Gasteiger partial charge on any atom is -0.493 e. The maximum absolute atomic E-state index is 12.5. The number of fused-ring (bicyclic) bond motifs is 3. The van der Waals surface area contributed by atoms with Crippen molar-refractivity contribution in [2.75, 3.05) is 6.61 Å². The molecule has 1 aliphatic rings. The number of aromatic nitrogens is 1. The molecule has 0 saturated carbocycles. The van der Waals surface area contributed by atoms with E-state index in [-0.39, 0.29) is 29.2 Å². The number of hydrogen-bond acceptors (Lipinski definition) is 7. The molecule has 0 spiro atoms. The van der Waals surface area contributed by atoms with Gasteiger partial charge in [0.05, 0.1) is 10.4 Å². The van der Waals surface area contributed by atoms with E-state index in [2.05, 4.69) is 15.2 Å². The molecule has 0 aliphatic carbocycles. The number of carbonyl (C=O) groups excluding carboxylic acids is 1. The van der Waals surface area contributed by atoms with Crippen molar-refractivity contribution in [1.82, 2.24) is 4.98 Å². The minimum atomic E-state index is -1.01. The zero-order valence-electron chi connectivity index (χ0n) is 15.8. The molecule has 1 atom stereocenters. The molecule has 0 unspecified atom stereocenters. The van der Waals surface area contributed by atoms with E-state index in [0.717, 1.165) is 10.8 Å². The van der Waals surface area contributed by atoms with Crippen LogP contribution in [0.25, 0.3) is 21.7 Å². The van der Waals surface area contributed by atoms with Gasteiger partial charge in [-0.25, -0.2) is 0 Å². The fraction of sp³-hybridized carbons (Fsp3) is 0.0952. The van der Waals surface area contributed by atoms with Crippen molar-refractivity contribution in [2.45, 2.75) is 6.10 Å². The predicted molar refractivity (Wildman–Crippen MR) is 110 cm³/mol. The van der Waals surface area contributed by atoms with E-state index in [4.69, 9.17) is 9.47 Å². The predicted octanol–water partition coefficient (Wildman–Crippen LogP) is 4.39. The fourth-order valence-electron chi connectivity index (χ4n) is 3.41. The molecule has 2 heterocycles. The standard InChI is InChI=1S/C21H14N4O6/c26-20(18-10-30-16-7-11-3-1-2-4-12(11)8-17(16)31-18)24-23-19-14-9-13(25(28)29)5-6-15(14)22-21(19)27/h1-9,18,22,27H,10H2/t18-/m1/s1. The Kier molecular flexibility index (Phi) is 4.25. The number of nitro benzene ring substituents is 1. The summed E-state index contributed by atoms with van der Waals surface area (Å²) in [6, 6.07) is 15.3. The van der Waals surface area contributed by atoms with E-state index in [9.17, 15) is 20.0 Å². The molecule has 0 radical (unpaired) electrons. The van der Waals surface area contributed by atoms with Crippen LogP contribution in [0.3, 0.4) is 0 Å². The molecule has 10 nitrogen and oxygen atoms in total. The van der Waals surface area contributed by atoms with Crippen LogP contribution >= 0.6 is 0 Å². The molecule has 0 saturated heterocycles. The smallest absolute Gasteiger partial charge is 0.308 e. The summed E-state index contributed by atoms with van der Waals surface area (Å²) in [6.07, 6.45) is -1.01. The lowest BCUT2D eigenvalue weighted by Crippen LogP contribution is -2.35. The number of azo groups is 1. The van der Waals surface area contributed by atoms with Crippen LogP contribution in [0, 0.1) is 10.1 Å². The Morgan fingerprint density at radius 3 is 2.61 bits per heavy atom. The topological polar surface area (TPSA) is 139 Å². The van der Waals surface area contributed by atoms with Gasteiger partial charge in [0, 0.05) is 17.5 Å². The number of nitrogens with one attached hydrogen (secondary N) is 1. The summed E-state index contributed by atoms with van der Waals surface area (Å²) in [5, 5.41) is 30.7. The zero-order valence-corrected chi connectivity index (χ0v) is 15.8. The van der Waals surface area contributed by atoms with Crippen molar-refractivity contribution in [1.29, 1.82) is 0 Å². The fourth-order valence-corrected chi connectivity index (χ4v) is 3.41. The van der Waals surface area contributed by atoms with Gasteiger partial charge >= 0.3 is 5.91 Å². The largest absolute Gasteiger partial charge is 0.493 e. The number of carbonyl (C=O) groups is 1. The van der Waals surface area contributed by atoms with Crippen molar-refractivity contribution in [3.8, 4) is 17.4 Å². The van der Waals surface area contributed by atoms with E-state index in [1.165, 1.54) is 18.2 Å². The molecule has 31 heavy (non-hydrogen) atoms. The van der Waals surface area contributed by atoms with Crippen LogP contribution in [0.5, 0.6) is 17.4 Å². The molecule has 0 fully saturated rings. The molecule has 3 aromatic carbocycles. The van der Waals surface area contributed by atoms with Crippen LogP contribution in [-0.4, -0.2) is 33.6 Å². The van der Waals surface area contributed by atoms with E-state index in [1.54, 1.807) is 6.07 Å². The maximum Gasteiger partial charge on any atom is 0.308 e. The Balaban J connectivity index is 1.41. The van der Waals surface area contributed by atoms with Crippen molar-refractivity contribution < 1.29 is 24.3 Å². The molecule has 1 amide bonds. The van der Waals surface area contributed by atoms with E-state index < -0.39 is 16.9 Å². The second-order valence-corrected chi connectivity index (χ2v) is 6.91. The Morgan fingerprint density at radius 1 is 1.13 bits per heavy atom. The maximum atomic E-state index is 12.5. The Morgan fingerprint density at radius 2 is 1.87 bits per heavy atom. The average Bonchev–Trinajstić information content (AvgIpc) is 3.09. The summed E-state index contributed by atoms with van der Waals surface area (Å²) in [5.74, 6) is -0.118. The Hall–Kier alpha value is -4.47. The lowest BCUT2D eigenvalue weighted by Gasteiger charge is -2.24. The monoisotopic (exact) mass is 418 g/mol. The number of H-pyrrole nitrogens is 1. The molecule has 154 valence electrons. The first-order valence-electron chi connectivity index (χ1n) is 9.26. The second kappa shape index (κ2) is 7.10. The van der Waals surface area contributed by atoms with Crippen LogP contribution in [0.15, 0.2) is 64.8 Å². The molecule has 1 aromatic heterocycles. The van der Waals surface area contributed by atoms with Gasteiger partial charge in [0.1, 0.15) is 6.61 Å². The molecule has 0 bridgehead atoms. The SMILES string of the molecule is O=C(N=Nc1c(O)[nH]c2ccc([N+](=O)[O-])cc12)[C@H]1COc2cc3ccccc3cc2O1. The van der Waals surface area contributed by atoms with Gasteiger partial charge in [0.25, 0.3) is 5.69 Å². The molecule has 10 heteroatoms. The zero-order chi connectivity index (χ0) is 21.5. The summed E-state index contributed by atoms with van der Waals surface area (Å²) in [4.78, 5) is 25.6. The minimum absolute atomic E-state index is 0.0471. The molecule has 4 aromatic rings. The number of aromatic hydroxyl groups is 1. The summed E-state index contributed by atoms with van der Waals surface area (Å²) in [5.41, 5.74) is 0.167. The van der Waals surface area contributed by atoms with Gasteiger partial charge in [-0.1, -0.05) is 24.3 Å². The lowest BCUT2D eigenvalue weighted by molar-refractivity contribution is -0.384. The first-order valence-corrected chi connectivity index (χ1v) is 9.26. The number of amides is 1. The van der Waals surface area contributed by atoms with Crippen molar-refractivity contribution in [3.05, 3.63) is 64.7 Å². The second-order valence-electron chi connectivity index (χ2n) is 6.91. The van der Waals surface area contributed by atoms with Gasteiger partial charge in [0.15, 0.2) is 17.2 Å². The third-order valence-corrected chi connectivity index (χ3v) is 4.94. The van der Waals surface area contributed by atoms with Gasteiger partial charge in [-0.2, -0.15) is 0 Å². The molecule has 2 N–H and O–H groups in total. The molecular formula is C21H14N4O6.